The first-order chi connectivity index (χ1) is 15.9. The summed E-state index contributed by atoms with van der Waals surface area (Å²) in [6.07, 6.45) is 0.234. The fraction of sp³-hybridized carbons (Fsp3) is 0.400. The van der Waals surface area contributed by atoms with Crippen molar-refractivity contribution in [3.8, 4) is 22.9 Å². The Morgan fingerprint density at radius 2 is 1.88 bits per heavy atom. The van der Waals surface area contributed by atoms with E-state index in [9.17, 15) is 13.9 Å². The predicted octanol–water partition coefficient (Wildman–Crippen LogP) is 4.77. The molecular weight excluding hydrogens is 428 g/mol. The summed E-state index contributed by atoms with van der Waals surface area (Å²) in [5.41, 5.74) is 2.35. The maximum Gasteiger partial charge on any atom is 0.222 e. The first kappa shape index (κ1) is 24.8. The number of nitrogens with zero attached hydrogens (tertiary/aromatic N) is 3. The third-order valence-electron chi connectivity index (χ3n) is 5.14. The van der Waals surface area contributed by atoms with E-state index in [0.717, 1.165) is 36.2 Å². The zero-order valence-corrected chi connectivity index (χ0v) is 19.3. The molecule has 178 valence electrons. The number of aliphatic hydroxyl groups excluding tert-OH is 1. The predicted molar refractivity (Wildman–Crippen MR) is 123 cm³/mol. The molecule has 33 heavy (non-hydrogen) atoms. The van der Waals surface area contributed by atoms with Crippen LogP contribution in [0.1, 0.15) is 25.8 Å². The number of aliphatic hydroxyl groups is 1. The highest BCUT2D eigenvalue weighted by Gasteiger charge is 2.24. The maximum absolute atomic E-state index is 14.4. The van der Waals surface area contributed by atoms with Crippen molar-refractivity contribution in [2.75, 3.05) is 26.3 Å². The average Bonchev–Trinajstić information content (AvgIpc) is 3.10. The van der Waals surface area contributed by atoms with E-state index in [0.29, 0.717) is 31.3 Å². The summed E-state index contributed by atoms with van der Waals surface area (Å²) >= 11 is 0. The van der Waals surface area contributed by atoms with Crippen LogP contribution >= 0.6 is 0 Å². The second-order valence-electron chi connectivity index (χ2n) is 7.85. The molecule has 0 aliphatic heterocycles. The lowest BCUT2D eigenvalue weighted by Crippen LogP contribution is -2.35. The minimum atomic E-state index is -0.791. The summed E-state index contributed by atoms with van der Waals surface area (Å²) in [6, 6.07) is 12.9. The number of benzene rings is 2. The Hall–Kier alpha value is -2.81. The van der Waals surface area contributed by atoms with Gasteiger partial charge >= 0.3 is 0 Å². The molecule has 0 aliphatic rings. The number of ether oxygens (including phenoxy) is 2. The summed E-state index contributed by atoms with van der Waals surface area (Å²) in [7, 11) is 1.72. The van der Waals surface area contributed by atoms with Crippen LogP contribution in [0.25, 0.3) is 11.3 Å². The van der Waals surface area contributed by atoms with Crippen LogP contribution in [0.15, 0.2) is 48.5 Å². The second kappa shape index (κ2) is 11.9. The van der Waals surface area contributed by atoms with Gasteiger partial charge in [0, 0.05) is 38.4 Å². The van der Waals surface area contributed by atoms with Crippen molar-refractivity contribution < 1.29 is 23.4 Å². The highest BCUT2D eigenvalue weighted by molar-refractivity contribution is 5.65. The molecule has 0 aliphatic carbocycles. The zero-order valence-electron chi connectivity index (χ0n) is 19.3. The molecule has 3 aromatic rings. The van der Waals surface area contributed by atoms with Crippen LogP contribution in [0.3, 0.4) is 0 Å². The molecule has 0 spiro atoms. The minimum Gasteiger partial charge on any atom is -0.436 e. The van der Waals surface area contributed by atoms with Gasteiger partial charge in [0.1, 0.15) is 11.5 Å². The molecule has 0 bridgehead atoms. The van der Waals surface area contributed by atoms with Crippen LogP contribution in [-0.2, 0) is 18.3 Å². The van der Waals surface area contributed by atoms with Gasteiger partial charge in [-0.25, -0.2) is 13.5 Å². The zero-order chi connectivity index (χ0) is 23.8. The van der Waals surface area contributed by atoms with Gasteiger partial charge in [0.05, 0.1) is 18.3 Å². The second-order valence-corrected chi connectivity index (χ2v) is 7.85. The normalized spacial score (nSPS) is 12.3. The van der Waals surface area contributed by atoms with Crippen molar-refractivity contribution in [3.05, 3.63) is 65.7 Å². The minimum absolute atomic E-state index is 0.0846. The molecule has 6 nitrogen and oxygen atoms in total. The van der Waals surface area contributed by atoms with E-state index in [2.05, 4.69) is 16.9 Å². The fourth-order valence-electron chi connectivity index (χ4n) is 3.69. The van der Waals surface area contributed by atoms with Crippen molar-refractivity contribution in [2.24, 2.45) is 7.05 Å². The number of aryl methyl sites for hydroxylation is 1. The first-order valence-corrected chi connectivity index (χ1v) is 11.1. The Balaban J connectivity index is 1.98. The molecule has 2 aromatic carbocycles. The van der Waals surface area contributed by atoms with Crippen LogP contribution < -0.4 is 4.74 Å². The Labute approximate surface area is 193 Å². The average molecular weight is 460 g/mol. The van der Waals surface area contributed by atoms with E-state index >= 15 is 0 Å². The van der Waals surface area contributed by atoms with Crippen LogP contribution in [0.4, 0.5) is 8.78 Å². The lowest BCUT2D eigenvalue weighted by molar-refractivity contribution is 0.0195. The van der Waals surface area contributed by atoms with E-state index < -0.39 is 17.7 Å². The molecule has 0 fully saturated rings. The van der Waals surface area contributed by atoms with Gasteiger partial charge in [-0.1, -0.05) is 37.3 Å². The van der Waals surface area contributed by atoms with E-state index in [1.54, 1.807) is 11.7 Å². The van der Waals surface area contributed by atoms with Crippen molar-refractivity contribution in [2.45, 2.75) is 32.9 Å². The molecule has 3 rings (SSSR count). The molecule has 0 saturated carbocycles. The van der Waals surface area contributed by atoms with E-state index in [4.69, 9.17) is 9.47 Å². The van der Waals surface area contributed by atoms with Crippen LogP contribution in [0.2, 0.25) is 0 Å². The van der Waals surface area contributed by atoms with Crippen LogP contribution in [0, 0.1) is 11.6 Å². The third kappa shape index (κ3) is 6.60. The first-order valence-electron chi connectivity index (χ1n) is 11.1. The number of hydrogen-bond donors (Lipinski definition) is 1. The molecule has 0 radical (unpaired) electrons. The van der Waals surface area contributed by atoms with Gasteiger partial charge in [0.15, 0.2) is 11.6 Å². The lowest BCUT2D eigenvalue weighted by Gasteiger charge is -2.25. The van der Waals surface area contributed by atoms with Crippen molar-refractivity contribution in [1.82, 2.24) is 14.7 Å². The Morgan fingerprint density at radius 3 is 2.55 bits per heavy atom. The quantitative estimate of drug-likeness (QED) is 0.423. The number of hydrogen-bond acceptors (Lipinski definition) is 5. The van der Waals surface area contributed by atoms with E-state index in [-0.39, 0.29) is 12.4 Å². The summed E-state index contributed by atoms with van der Waals surface area (Å²) < 4.78 is 40.6. The smallest absolute Gasteiger partial charge is 0.222 e. The topological polar surface area (TPSA) is 59.8 Å². The van der Waals surface area contributed by atoms with Crippen molar-refractivity contribution in [1.29, 1.82) is 0 Å². The molecule has 1 heterocycles. The van der Waals surface area contributed by atoms with Gasteiger partial charge in [-0.2, -0.15) is 5.10 Å². The molecule has 8 heteroatoms. The van der Waals surface area contributed by atoms with Gasteiger partial charge in [-0.3, -0.25) is 4.90 Å². The van der Waals surface area contributed by atoms with Crippen LogP contribution in [0.5, 0.6) is 11.6 Å². The molecule has 1 N–H and O–H groups in total. The van der Waals surface area contributed by atoms with Crippen molar-refractivity contribution in [3.63, 3.8) is 0 Å². The van der Waals surface area contributed by atoms with E-state index in [1.807, 2.05) is 37.3 Å². The maximum atomic E-state index is 14.4. The summed E-state index contributed by atoms with van der Waals surface area (Å²) in [4.78, 5) is 2.10. The standard InChI is InChI=1S/C25H31F2N3O3/c1-4-13-30(15-20(31)17-32-5-2)16-21-24(18-9-7-6-8-10-18)28-29(3)25(21)33-23-12-11-19(26)14-22(23)27/h6-12,14,20,31H,4-5,13,15-17H2,1-3H3. The molecule has 1 atom stereocenters. The van der Waals surface area contributed by atoms with E-state index in [1.165, 1.54) is 6.07 Å². The van der Waals surface area contributed by atoms with Crippen LogP contribution in [-0.4, -0.2) is 52.2 Å². The molecule has 0 saturated heterocycles. The van der Waals surface area contributed by atoms with Gasteiger partial charge in [0.25, 0.3) is 0 Å². The number of halogens is 2. The van der Waals surface area contributed by atoms with Gasteiger partial charge in [-0.05, 0) is 32.0 Å². The Bertz CT molecular complexity index is 1030. The van der Waals surface area contributed by atoms with Gasteiger partial charge in [-0.15, -0.1) is 0 Å². The molecule has 1 aromatic heterocycles. The van der Waals surface area contributed by atoms with Crippen molar-refractivity contribution >= 4 is 0 Å². The van der Waals surface area contributed by atoms with Gasteiger partial charge < -0.3 is 14.6 Å². The molecule has 1 unspecified atom stereocenters. The SMILES string of the molecule is CCCN(Cc1c(-c2ccccc2)nn(C)c1Oc1ccc(F)cc1F)CC(O)COCC. The largest absolute Gasteiger partial charge is 0.436 e. The summed E-state index contributed by atoms with van der Waals surface area (Å²) in [5.74, 6) is -1.19. The Kier molecular flexibility index (Phi) is 8.94. The third-order valence-corrected chi connectivity index (χ3v) is 5.14. The summed E-state index contributed by atoms with van der Waals surface area (Å²) in [5, 5.41) is 15.1. The van der Waals surface area contributed by atoms with Gasteiger partial charge in [0.2, 0.25) is 5.88 Å². The summed E-state index contributed by atoms with van der Waals surface area (Å²) in [6.45, 7) is 6.29. The highest BCUT2D eigenvalue weighted by Crippen LogP contribution is 2.35. The lowest BCUT2D eigenvalue weighted by atomic mass is 10.1. The Morgan fingerprint density at radius 1 is 1.12 bits per heavy atom. The highest BCUT2D eigenvalue weighted by atomic mass is 19.1. The molecule has 0 amide bonds. The monoisotopic (exact) mass is 459 g/mol. The number of aromatic nitrogens is 2. The molecular formula is C25H31F2N3O3. The number of rotatable bonds is 12. The fourth-order valence-corrected chi connectivity index (χ4v) is 3.69.